The highest BCUT2D eigenvalue weighted by Crippen LogP contribution is 2.22. The lowest BCUT2D eigenvalue weighted by molar-refractivity contribution is -0.274. The first kappa shape index (κ1) is 10.1. The van der Waals surface area contributed by atoms with E-state index in [0.717, 1.165) is 6.20 Å². The lowest BCUT2D eigenvalue weighted by Gasteiger charge is -2.08. The molecule has 0 atom stereocenters. The van der Waals surface area contributed by atoms with Crippen molar-refractivity contribution in [3.05, 3.63) is 24.0 Å². The molecule has 0 N–H and O–H groups in total. The van der Waals surface area contributed by atoms with Gasteiger partial charge in [0.2, 0.25) is 0 Å². The van der Waals surface area contributed by atoms with Gasteiger partial charge in [0.15, 0.2) is 0 Å². The summed E-state index contributed by atoms with van der Waals surface area (Å²) >= 11 is 5.39. The van der Waals surface area contributed by atoms with Crippen molar-refractivity contribution in [2.24, 2.45) is 0 Å². The molecular formula is C7H5ClF3NO. The van der Waals surface area contributed by atoms with E-state index in [0.29, 0.717) is 5.56 Å². The normalized spacial score (nSPS) is 11.4. The summed E-state index contributed by atoms with van der Waals surface area (Å²) in [5.41, 5.74) is 0.475. The highest BCUT2D eigenvalue weighted by Gasteiger charge is 2.31. The summed E-state index contributed by atoms with van der Waals surface area (Å²) in [5, 5.41) is 0. The van der Waals surface area contributed by atoms with Crippen molar-refractivity contribution in [1.82, 2.24) is 4.98 Å². The number of rotatable bonds is 2. The number of hydrogen-bond donors (Lipinski definition) is 0. The van der Waals surface area contributed by atoms with E-state index in [1.54, 1.807) is 0 Å². The zero-order valence-corrected chi connectivity index (χ0v) is 7.06. The summed E-state index contributed by atoms with van der Waals surface area (Å²) in [6, 6.07) is 1.19. The van der Waals surface area contributed by atoms with Gasteiger partial charge in [0.25, 0.3) is 0 Å². The van der Waals surface area contributed by atoms with Crippen LogP contribution in [-0.4, -0.2) is 11.3 Å². The largest absolute Gasteiger partial charge is 0.573 e. The summed E-state index contributed by atoms with van der Waals surface area (Å²) in [7, 11) is 0. The molecule has 0 spiro atoms. The van der Waals surface area contributed by atoms with Crippen LogP contribution in [0.2, 0.25) is 0 Å². The van der Waals surface area contributed by atoms with E-state index in [9.17, 15) is 13.2 Å². The van der Waals surface area contributed by atoms with Crippen LogP contribution in [-0.2, 0) is 5.88 Å². The third-order valence-corrected chi connectivity index (χ3v) is 1.47. The van der Waals surface area contributed by atoms with E-state index in [1.165, 1.54) is 12.3 Å². The fourth-order valence-electron chi connectivity index (χ4n) is 0.726. The van der Waals surface area contributed by atoms with Crippen LogP contribution in [0.5, 0.6) is 5.75 Å². The van der Waals surface area contributed by atoms with Crippen LogP contribution in [0.3, 0.4) is 0 Å². The second kappa shape index (κ2) is 3.83. The summed E-state index contributed by atoms with van der Waals surface area (Å²) in [4.78, 5) is 3.53. The third kappa shape index (κ3) is 3.50. The standard InChI is InChI=1S/C7H5ClF3NO/c8-2-5-1-6(4-12-3-5)13-7(9,10)11/h1,3-4H,2H2. The Balaban J connectivity index is 2.78. The minimum atomic E-state index is -4.69. The molecule has 6 heteroatoms. The molecule has 1 aromatic heterocycles. The van der Waals surface area contributed by atoms with Gasteiger partial charge in [-0.3, -0.25) is 4.98 Å². The molecule has 0 amide bonds. The average Bonchev–Trinajstić information content (AvgIpc) is 2.01. The fraction of sp³-hybridized carbons (Fsp3) is 0.286. The van der Waals surface area contributed by atoms with Crippen LogP contribution in [0.15, 0.2) is 18.5 Å². The number of hydrogen-bond acceptors (Lipinski definition) is 2. The summed E-state index contributed by atoms with van der Waals surface area (Å²) < 4.78 is 38.7. The Morgan fingerprint density at radius 1 is 1.38 bits per heavy atom. The Hall–Kier alpha value is -0.970. The Morgan fingerprint density at radius 2 is 2.08 bits per heavy atom. The van der Waals surface area contributed by atoms with Crippen molar-refractivity contribution in [1.29, 1.82) is 0 Å². The molecule has 1 rings (SSSR count). The van der Waals surface area contributed by atoms with E-state index in [4.69, 9.17) is 11.6 Å². The van der Waals surface area contributed by atoms with Crippen LogP contribution >= 0.6 is 11.6 Å². The van der Waals surface area contributed by atoms with Crippen LogP contribution in [0.1, 0.15) is 5.56 Å². The van der Waals surface area contributed by atoms with Crippen LogP contribution < -0.4 is 4.74 Å². The van der Waals surface area contributed by atoms with Gasteiger partial charge in [0, 0.05) is 12.1 Å². The van der Waals surface area contributed by atoms with Crippen molar-refractivity contribution in [2.45, 2.75) is 12.2 Å². The van der Waals surface area contributed by atoms with Crippen molar-refractivity contribution in [2.75, 3.05) is 0 Å². The fourth-order valence-corrected chi connectivity index (χ4v) is 0.872. The SMILES string of the molecule is FC(F)(F)Oc1cncc(CCl)c1. The molecule has 0 aliphatic heterocycles. The Labute approximate surface area is 77.3 Å². The highest BCUT2D eigenvalue weighted by atomic mass is 35.5. The molecule has 1 heterocycles. The van der Waals surface area contributed by atoms with Crippen LogP contribution in [0.4, 0.5) is 13.2 Å². The van der Waals surface area contributed by atoms with E-state index < -0.39 is 6.36 Å². The Morgan fingerprint density at radius 3 is 2.62 bits per heavy atom. The maximum absolute atomic E-state index is 11.7. The van der Waals surface area contributed by atoms with Gasteiger partial charge in [-0.15, -0.1) is 24.8 Å². The van der Waals surface area contributed by atoms with Crippen LogP contribution in [0, 0.1) is 0 Å². The number of ether oxygens (including phenoxy) is 1. The molecule has 1 aromatic rings. The zero-order chi connectivity index (χ0) is 9.90. The number of nitrogens with zero attached hydrogens (tertiary/aromatic N) is 1. The maximum atomic E-state index is 11.7. The molecule has 72 valence electrons. The first-order valence-corrected chi connectivity index (χ1v) is 3.80. The monoisotopic (exact) mass is 211 g/mol. The molecule has 0 radical (unpaired) electrons. The highest BCUT2D eigenvalue weighted by molar-refractivity contribution is 6.17. The van der Waals surface area contributed by atoms with E-state index in [2.05, 4.69) is 9.72 Å². The van der Waals surface area contributed by atoms with Crippen molar-refractivity contribution in [3.8, 4) is 5.75 Å². The quantitative estimate of drug-likeness (QED) is 0.702. The topological polar surface area (TPSA) is 22.1 Å². The van der Waals surface area contributed by atoms with Gasteiger partial charge in [0.1, 0.15) is 5.75 Å². The van der Waals surface area contributed by atoms with Crippen molar-refractivity contribution < 1.29 is 17.9 Å². The number of halogens is 4. The lowest BCUT2D eigenvalue weighted by Crippen LogP contribution is -2.17. The summed E-state index contributed by atoms with van der Waals surface area (Å²) in [6.07, 6.45) is -2.34. The second-order valence-electron chi connectivity index (χ2n) is 2.21. The molecule has 0 aliphatic carbocycles. The smallest absolute Gasteiger partial charge is 0.404 e. The average molecular weight is 212 g/mol. The van der Waals surface area contributed by atoms with E-state index in [1.807, 2.05) is 0 Å². The minimum absolute atomic E-state index is 0.0993. The molecule has 0 bridgehead atoms. The maximum Gasteiger partial charge on any atom is 0.573 e. The molecule has 2 nitrogen and oxygen atoms in total. The third-order valence-electron chi connectivity index (χ3n) is 1.16. The molecule has 0 saturated carbocycles. The molecule has 0 aliphatic rings. The van der Waals surface area contributed by atoms with Gasteiger partial charge in [0.05, 0.1) is 6.20 Å². The van der Waals surface area contributed by atoms with Gasteiger partial charge in [-0.1, -0.05) is 0 Å². The molecule has 0 saturated heterocycles. The minimum Gasteiger partial charge on any atom is -0.404 e. The number of pyridine rings is 1. The molecular weight excluding hydrogens is 207 g/mol. The predicted molar refractivity (Wildman–Crippen MR) is 40.5 cm³/mol. The first-order valence-electron chi connectivity index (χ1n) is 3.27. The second-order valence-corrected chi connectivity index (χ2v) is 2.48. The summed E-state index contributed by atoms with van der Waals surface area (Å²) in [5.74, 6) is -0.257. The van der Waals surface area contributed by atoms with Gasteiger partial charge in [-0.25, -0.2) is 0 Å². The lowest BCUT2D eigenvalue weighted by atomic mass is 10.3. The molecule has 13 heavy (non-hydrogen) atoms. The number of alkyl halides is 4. The van der Waals surface area contributed by atoms with Gasteiger partial charge < -0.3 is 4.74 Å². The van der Waals surface area contributed by atoms with Crippen molar-refractivity contribution >= 4 is 11.6 Å². The predicted octanol–water partition coefficient (Wildman–Crippen LogP) is 2.72. The Bertz CT molecular complexity index is 289. The number of aromatic nitrogens is 1. The van der Waals surface area contributed by atoms with Gasteiger partial charge >= 0.3 is 6.36 Å². The first-order chi connectivity index (χ1) is 6.01. The zero-order valence-electron chi connectivity index (χ0n) is 6.31. The molecule has 0 fully saturated rings. The van der Waals surface area contributed by atoms with Gasteiger partial charge in [-0.2, -0.15) is 0 Å². The Kier molecular flexibility index (Phi) is 2.98. The molecule has 0 unspecified atom stereocenters. The van der Waals surface area contributed by atoms with Crippen molar-refractivity contribution in [3.63, 3.8) is 0 Å². The van der Waals surface area contributed by atoms with E-state index >= 15 is 0 Å². The van der Waals surface area contributed by atoms with Gasteiger partial charge in [-0.05, 0) is 11.6 Å². The summed E-state index contributed by atoms with van der Waals surface area (Å²) in [6.45, 7) is 0. The van der Waals surface area contributed by atoms with Crippen LogP contribution in [0.25, 0.3) is 0 Å². The molecule has 0 aromatic carbocycles. The van der Waals surface area contributed by atoms with E-state index in [-0.39, 0.29) is 11.6 Å².